The van der Waals surface area contributed by atoms with Crippen LogP contribution in [0, 0.1) is 0 Å². The van der Waals surface area contributed by atoms with E-state index in [1.165, 1.54) is 0 Å². The van der Waals surface area contributed by atoms with Gasteiger partial charge in [-0.05, 0) is 6.92 Å². The van der Waals surface area contributed by atoms with Crippen molar-refractivity contribution in [3.05, 3.63) is 0 Å². The van der Waals surface area contributed by atoms with Crippen molar-refractivity contribution in [1.82, 2.24) is 0 Å². The molecule has 0 bridgehead atoms. The van der Waals surface area contributed by atoms with Crippen molar-refractivity contribution in [1.29, 1.82) is 0 Å². The highest BCUT2D eigenvalue weighted by atomic mass is 16.5. The number of ether oxygens (including phenoxy) is 1. The van der Waals surface area contributed by atoms with Gasteiger partial charge in [0.05, 0.1) is 12.7 Å². The van der Waals surface area contributed by atoms with Gasteiger partial charge in [-0.15, -0.1) is 0 Å². The third-order valence-corrected chi connectivity index (χ3v) is 2.13. The number of aliphatic hydroxyl groups is 4. The molecule has 5 nitrogen and oxygen atoms in total. The zero-order chi connectivity index (χ0) is 9.30. The van der Waals surface area contributed by atoms with E-state index in [-0.39, 0.29) is 6.61 Å². The largest absolute Gasteiger partial charge is 0.394 e. The standard InChI is InChI=1S/C7H14O5/c1-3-5(9)7(11)6(10)4(2-8)12-3/h3-11H,2H2,1H3/t3-,4?,5-,6-,7-/m1/s1. The van der Waals surface area contributed by atoms with Crippen molar-refractivity contribution >= 4 is 0 Å². The molecule has 4 N–H and O–H groups in total. The van der Waals surface area contributed by atoms with Crippen LogP contribution >= 0.6 is 0 Å². The van der Waals surface area contributed by atoms with E-state index in [2.05, 4.69) is 0 Å². The maximum Gasteiger partial charge on any atom is 0.111 e. The summed E-state index contributed by atoms with van der Waals surface area (Å²) < 4.78 is 5.02. The molecule has 0 spiro atoms. The molecule has 0 radical (unpaired) electrons. The van der Waals surface area contributed by atoms with Gasteiger partial charge in [-0.2, -0.15) is 0 Å². The molecule has 5 heteroatoms. The quantitative estimate of drug-likeness (QED) is 0.367. The second-order valence-electron chi connectivity index (χ2n) is 3.03. The lowest BCUT2D eigenvalue weighted by molar-refractivity contribution is -0.224. The van der Waals surface area contributed by atoms with Crippen molar-refractivity contribution in [3.8, 4) is 0 Å². The molecule has 72 valence electrons. The Kier molecular flexibility index (Phi) is 3.03. The number of aliphatic hydroxyl groups excluding tert-OH is 4. The Bertz CT molecular complexity index is 146. The van der Waals surface area contributed by atoms with E-state index < -0.39 is 30.5 Å². The minimum absolute atomic E-state index is 0.366. The van der Waals surface area contributed by atoms with Gasteiger partial charge >= 0.3 is 0 Å². The highest BCUT2D eigenvalue weighted by Crippen LogP contribution is 2.20. The van der Waals surface area contributed by atoms with Crippen LogP contribution in [-0.4, -0.2) is 57.6 Å². The molecule has 1 heterocycles. The van der Waals surface area contributed by atoms with Gasteiger partial charge in [-0.1, -0.05) is 0 Å². The minimum atomic E-state index is -1.24. The van der Waals surface area contributed by atoms with E-state index in [1.807, 2.05) is 0 Å². The summed E-state index contributed by atoms with van der Waals surface area (Å²) in [7, 11) is 0. The molecular weight excluding hydrogens is 164 g/mol. The Morgan fingerprint density at radius 3 is 2.17 bits per heavy atom. The van der Waals surface area contributed by atoms with Crippen molar-refractivity contribution in [2.45, 2.75) is 37.4 Å². The van der Waals surface area contributed by atoms with Crippen molar-refractivity contribution in [2.24, 2.45) is 0 Å². The van der Waals surface area contributed by atoms with E-state index in [0.29, 0.717) is 0 Å². The summed E-state index contributed by atoms with van der Waals surface area (Å²) in [6.07, 6.45) is -4.94. The van der Waals surface area contributed by atoms with E-state index in [9.17, 15) is 15.3 Å². The SMILES string of the molecule is C[C@H]1OC(CO)[C@@H](O)[C@H](O)[C@@H]1O. The summed E-state index contributed by atoms with van der Waals surface area (Å²) in [5.41, 5.74) is 0. The van der Waals surface area contributed by atoms with Crippen LogP contribution in [0.15, 0.2) is 0 Å². The van der Waals surface area contributed by atoms with Gasteiger partial charge in [0.1, 0.15) is 24.4 Å². The highest BCUT2D eigenvalue weighted by Gasteiger charge is 2.41. The fraction of sp³-hybridized carbons (Fsp3) is 1.00. The summed E-state index contributed by atoms with van der Waals surface area (Å²) in [4.78, 5) is 0. The van der Waals surface area contributed by atoms with Crippen LogP contribution < -0.4 is 0 Å². The van der Waals surface area contributed by atoms with E-state index in [0.717, 1.165) is 0 Å². The van der Waals surface area contributed by atoms with Crippen molar-refractivity contribution < 1.29 is 25.2 Å². The molecule has 0 aromatic heterocycles. The smallest absolute Gasteiger partial charge is 0.111 e. The third-order valence-electron chi connectivity index (χ3n) is 2.13. The van der Waals surface area contributed by atoms with E-state index >= 15 is 0 Å². The first-order valence-electron chi connectivity index (χ1n) is 3.88. The van der Waals surface area contributed by atoms with Gasteiger partial charge in [0.15, 0.2) is 0 Å². The predicted molar refractivity (Wildman–Crippen MR) is 39.4 cm³/mol. The molecule has 0 aromatic rings. The maximum absolute atomic E-state index is 9.23. The second kappa shape index (κ2) is 3.68. The summed E-state index contributed by atoms with van der Waals surface area (Å²) in [6, 6.07) is 0. The lowest BCUT2D eigenvalue weighted by atomic mass is 9.96. The molecule has 1 fully saturated rings. The van der Waals surface area contributed by atoms with Crippen LogP contribution in [0.4, 0.5) is 0 Å². The van der Waals surface area contributed by atoms with E-state index in [1.54, 1.807) is 6.92 Å². The number of hydrogen-bond acceptors (Lipinski definition) is 5. The molecule has 1 unspecified atom stereocenters. The van der Waals surface area contributed by atoms with Gasteiger partial charge in [0, 0.05) is 0 Å². The summed E-state index contributed by atoms with van der Waals surface area (Å²) in [6.45, 7) is 1.21. The van der Waals surface area contributed by atoms with Crippen molar-refractivity contribution in [3.63, 3.8) is 0 Å². The Morgan fingerprint density at radius 2 is 1.67 bits per heavy atom. The fourth-order valence-electron chi connectivity index (χ4n) is 1.29. The first kappa shape index (κ1) is 9.88. The lowest BCUT2D eigenvalue weighted by Gasteiger charge is -2.38. The van der Waals surface area contributed by atoms with Crippen LogP contribution in [0.5, 0.6) is 0 Å². The zero-order valence-electron chi connectivity index (χ0n) is 6.79. The molecule has 1 rings (SSSR count). The van der Waals surface area contributed by atoms with Crippen LogP contribution in [0.2, 0.25) is 0 Å². The molecule has 0 aromatic carbocycles. The summed E-state index contributed by atoms with van der Waals surface area (Å²) in [5.74, 6) is 0. The molecule has 0 saturated carbocycles. The van der Waals surface area contributed by atoms with Crippen LogP contribution in [0.3, 0.4) is 0 Å². The Morgan fingerprint density at radius 1 is 1.08 bits per heavy atom. The zero-order valence-corrected chi connectivity index (χ0v) is 6.79. The van der Waals surface area contributed by atoms with Crippen LogP contribution in [0.1, 0.15) is 6.92 Å². The van der Waals surface area contributed by atoms with Gasteiger partial charge in [0.2, 0.25) is 0 Å². The molecule has 1 aliphatic heterocycles. The monoisotopic (exact) mass is 178 g/mol. The molecule has 0 amide bonds. The molecule has 12 heavy (non-hydrogen) atoms. The molecule has 0 aliphatic carbocycles. The predicted octanol–water partition coefficient (Wildman–Crippen LogP) is -2.15. The second-order valence-corrected chi connectivity index (χ2v) is 3.03. The van der Waals surface area contributed by atoms with Gasteiger partial charge in [0.25, 0.3) is 0 Å². The highest BCUT2D eigenvalue weighted by molar-refractivity contribution is 4.89. The molecule has 1 saturated heterocycles. The first-order valence-corrected chi connectivity index (χ1v) is 3.88. The van der Waals surface area contributed by atoms with Crippen molar-refractivity contribution in [2.75, 3.05) is 6.61 Å². The maximum atomic E-state index is 9.23. The van der Waals surface area contributed by atoms with E-state index in [4.69, 9.17) is 9.84 Å². The first-order chi connectivity index (χ1) is 5.57. The Labute approximate surface area is 70.2 Å². The number of rotatable bonds is 1. The average molecular weight is 178 g/mol. The third kappa shape index (κ3) is 1.60. The lowest BCUT2D eigenvalue weighted by Crippen LogP contribution is -2.57. The molecular formula is C7H14O5. The molecule has 1 aliphatic rings. The number of hydrogen-bond donors (Lipinski definition) is 4. The Balaban J connectivity index is 2.63. The summed E-state index contributed by atoms with van der Waals surface area (Å²) >= 11 is 0. The topological polar surface area (TPSA) is 90.2 Å². The Hall–Kier alpha value is -0.200. The minimum Gasteiger partial charge on any atom is -0.394 e. The fourth-order valence-corrected chi connectivity index (χ4v) is 1.29. The summed E-state index contributed by atoms with van der Waals surface area (Å²) in [5, 5.41) is 36.4. The average Bonchev–Trinajstić information content (AvgIpc) is 2.08. The van der Waals surface area contributed by atoms with Crippen LogP contribution in [-0.2, 0) is 4.74 Å². The van der Waals surface area contributed by atoms with Crippen LogP contribution in [0.25, 0.3) is 0 Å². The normalized spacial score (nSPS) is 49.2. The van der Waals surface area contributed by atoms with Gasteiger partial charge in [-0.25, -0.2) is 0 Å². The van der Waals surface area contributed by atoms with Gasteiger partial charge in [-0.3, -0.25) is 0 Å². The van der Waals surface area contributed by atoms with Gasteiger partial charge < -0.3 is 25.2 Å². The molecule has 5 atom stereocenters.